The third-order valence-electron chi connectivity index (χ3n) is 7.55. The van der Waals surface area contributed by atoms with E-state index in [1.165, 1.54) is 19.9 Å². The van der Waals surface area contributed by atoms with Crippen LogP contribution < -0.4 is 4.90 Å². The van der Waals surface area contributed by atoms with Crippen LogP contribution in [0.2, 0.25) is 0 Å². The SMILES string of the molecule is CC(C)(O)C(=O)N1CCN(CCCCCCCN2C(=S)N(c3ccc(C#N)c(C(F)(F)F)c3)C(=O)C2(C)C)CC1. The number of carbonyl (C=O) groups excluding carboxylic acids is 2. The highest BCUT2D eigenvalue weighted by molar-refractivity contribution is 7.80. The topological polar surface area (TPSA) is 91.1 Å². The lowest BCUT2D eigenvalue weighted by Crippen LogP contribution is -2.54. The highest BCUT2D eigenvalue weighted by atomic mass is 32.1. The fourth-order valence-corrected chi connectivity index (χ4v) is 5.65. The summed E-state index contributed by atoms with van der Waals surface area (Å²) in [6.07, 6.45) is 0.0359. The summed E-state index contributed by atoms with van der Waals surface area (Å²) in [5.74, 6) is -0.639. The molecule has 0 aliphatic carbocycles. The van der Waals surface area contributed by atoms with Crippen LogP contribution in [0.4, 0.5) is 18.9 Å². The summed E-state index contributed by atoms with van der Waals surface area (Å²) in [5.41, 5.74) is -3.95. The Balaban J connectivity index is 1.45. The van der Waals surface area contributed by atoms with Crippen molar-refractivity contribution < 1.29 is 27.9 Å². The smallest absolute Gasteiger partial charge is 0.381 e. The Hall–Kier alpha value is -2.75. The molecule has 2 aliphatic heterocycles. The van der Waals surface area contributed by atoms with E-state index in [4.69, 9.17) is 17.5 Å². The van der Waals surface area contributed by atoms with E-state index in [9.17, 15) is 27.9 Å². The summed E-state index contributed by atoms with van der Waals surface area (Å²) in [5, 5.41) is 19.1. The normalized spacial score (nSPS) is 18.4. The average Bonchev–Trinajstić information content (AvgIpc) is 3.05. The van der Waals surface area contributed by atoms with Crippen LogP contribution in [-0.4, -0.2) is 87.1 Å². The molecule has 0 bridgehead atoms. The van der Waals surface area contributed by atoms with Gasteiger partial charge >= 0.3 is 6.18 Å². The van der Waals surface area contributed by atoms with Crippen LogP contribution in [0.3, 0.4) is 0 Å². The summed E-state index contributed by atoms with van der Waals surface area (Å²) in [6, 6.07) is 4.76. The number of aliphatic hydroxyl groups is 1. The average molecular weight is 582 g/mol. The molecule has 0 radical (unpaired) electrons. The lowest BCUT2D eigenvalue weighted by Gasteiger charge is -2.37. The van der Waals surface area contributed by atoms with Crippen molar-refractivity contribution in [2.75, 3.05) is 44.2 Å². The maximum absolute atomic E-state index is 13.5. The molecular weight excluding hydrogens is 543 g/mol. The molecule has 2 amide bonds. The molecule has 0 atom stereocenters. The third kappa shape index (κ3) is 7.11. The van der Waals surface area contributed by atoms with Gasteiger partial charge in [-0.25, -0.2) is 0 Å². The van der Waals surface area contributed by atoms with Gasteiger partial charge in [-0.05, 0) is 77.5 Å². The van der Waals surface area contributed by atoms with Crippen molar-refractivity contribution in [1.29, 1.82) is 5.26 Å². The highest BCUT2D eigenvalue weighted by Gasteiger charge is 2.49. The van der Waals surface area contributed by atoms with E-state index in [2.05, 4.69) is 4.90 Å². The van der Waals surface area contributed by atoms with Crippen LogP contribution in [0.1, 0.15) is 70.9 Å². The molecule has 2 aliphatic rings. The number of halogens is 3. The molecule has 0 unspecified atom stereocenters. The Morgan fingerprint density at radius 3 is 2.17 bits per heavy atom. The van der Waals surface area contributed by atoms with Gasteiger partial charge in [-0.2, -0.15) is 18.4 Å². The number of hydrogen-bond donors (Lipinski definition) is 1. The summed E-state index contributed by atoms with van der Waals surface area (Å²) in [6.45, 7) is 10.7. The van der Waals surface area contributed by atoms with Gasteiger partial charge in [0.15, 0.2) is 5.11 Å². The van der Waals surface area contributed by atoms with Crippen LogP contribution in [0.15, 0.2) is 18.2 Å². The van der Waals surface area contributed by atoms with Crippen molar-refractivity contribution in [2.24, 2.45) is 0 Å². The maximum Gasteiger partial charge on any atom is 0.417 e. The van der Waals surface area contributed by atoms with Gasteiger partial charge in [-0.15, -0.1) is 0 Å². The Bertz CT molecular complexity index is 1150. The number of unbranched alkanes of at least 4 members (excludes halogenated alkanes) is 4. The van der Waals surface area contributed by atoms with E-state index >= 15 is 0 Å². The van der Waals surface area contributed by atoms with Gasteiger partial charge in [0.05, 0.1) is 22.9 Å². The third-order valence-corrected chi connectivity index (χ3v) is 7.95. The van der Waals surface area contributed by atoms with E-state index in [0.717, 1.165) is 68.8 Å². The molecule has 0 saturated carbocycles. The van der Waals surface area contributed by atoms with Gasteiger partial charge in [0.2, 0.25) is 0 Å². The number of amides is 2. The molecule has 220 valence electrons. The summed E-state index contributed by atoms with van der Waals surface area (Å²) in [7, 11) is 0. The van der Waals surface area contributed by atoms with Crippen molar-refractivity contribution in [2.45, 2.75) is 77.1 Å². The van der Waals surface area contributed by atoms with E-state index in [-0.39, 0.29) is 16.7 Å². The van der Waals surface area contributed by atoms with Gasteiger partial charge in [-0.3, -0.25) is 19.4 Å². The number of piperazine rings is 1. The van der Waals surface area contributed by atoms with Crippen molar-refractivity contribution >= 4 is 34.8 Å². The molecule has 0 aromatic heterocycles. The first-order chi connectivity index (χ1) is 18.6. The quantitative estimate of drug-likeness (QED) is 0.328. The van der Waals surface area contributed by atoms with Crippen LogP contribution in [0, 0.1) is 11.3 Å². The zero-order valence-corrected chi connectivity index (χ0v) is 24.4. The molecule has 0 spiro atoms. The molecule has 1 aromatic rings. The van der Waals surface area contributed by atoms with Crippen molar-refractivity contribution in [1.82, 2.24) is 14.7 Å². The summed E-state index contributed by atoms with van der Waals surface area (Å²) < 4.78 is 40.5. The van der Waals surface area contributed by atoms with E-state index in [1.807, 2.05) is 0 Å². The number of hydrogen-bond acceptors (Lipinski definition) is 6. The van der Waals surface area contributed by atoms with Gasteiger partial charge < -0.3 is 14.9 Å². The Kier molecular flexibility index (Phi) is 9.86. The number of carbonyl (C=O) groups is 2. The monoisotopic (exact) mass is 581 g/mol. The van der Waals surface area contributed by atoms with Gasteiger partial charge in [0.25, 0.3) is 11.8 Å². The molecule has 2 saturated heterocycles. The zero-order valence-electron chi connectivity index (χ0n) is 23.6. The molecule has 2 fully saturated rings. The molecular formula is C28H38F3N5O3S. The fraction of sp³-hybridized carbons (Fsp3) is 0.643. The van der Waals surface area contributed by atoms with Gasteiger partial charge in [0.1, 0.15) is 11.1 Å². The molecule has 8 nitrogen and oxygen atoms in total. The van der Waals surface area contributed by atoms with E-state index < -0.39 is 34.4 Å². The minimum Gasteiger partial charge on any atom is -0.381 e. The Labute approximate surface area is 239 Å². The minimum absolute atomic E-state index is 0.00201. The molecule has 12 heteroatoms. The van der Waals surface area contributed by atoms with Crippen molar-refractivity contribution in [3.63, 3.8) is 0 Å². The first kappa shape index (κ1) is 31.8. The maximum atomic E-state index is 13.5. The van der Waals surface area contributed by atoms with E-state index in [0.29, 0.717) is 19.6 Å². The Morgan fingerprint density at radius 2 is 1.62 bits per heavy atom. The largest absolute Gasteiger partial charge is 0.417 e. The van der Waals surface area contributed by atoms with Gasteiger partial charge in [-0.1, -0.05) is 19.3 Å². The number of alkyl halides is 3. The molecule has 1 N–H and O–H groups in total. The number of anilines is 1. The second-order valence-corrected chi connectivity index (χ2v) is 11.8. The predicted molar refractivity (Wildman–Crippen MR) is 149 cm³/mol. The zero-order chi connectivity index (χ0) is 29.9. The first-order valence-corrected chi connectivity index (χ1v) is 14.0. The van der Waals surface area contributed by atoms with Gasteiger partial charge in [0, 0.05) is 32.7 Å². The number of nitrogens with zero attached hydrogens (tertiary/aromatic N) is 5. The summed E-state index contributed by atoms with van der Waals surface area (Å²) >= 11 is 5.55. The van der Waals surface area contributed by atoms with Crippen LogP contribution in [0.25, 0.3) is 0 Å². The second kappa shape index (κ2) is 12.4. The first-order valence-electron chi connectivity index (χ1n) is 13.6. The van der Waals surface area contributed by atoms with E-state index in [1.54, 1.807) is 29.7 Å². The molecule has 2 heterocycles. The van der Waals surface area contributed by atoms with Crippen LogP contribution in [-0.2, 0) is 15.8 Å². The number of rotatable bonds is 10. The summed E-state index contributed by atoms with van der Waals surface area (Å²) in [4.78, 5) is 32.3. The lowest BCUT2D eigenvalue weighted by atomic mass is 10.0. The molecule has 40 heavy (non-hydrogen) atoms. The second-order valence-electron chi connectivity index (χ2n) is 11.4. The number of thiocarbonyl (C=S) groups is 1. The molecule has 1 aromatic carbocycles. The standard InChI is InChI=1S/C28H38F3N5O3S/c1-26(2)23(37)36(21-11-10-20(19-32)22(18-21)28(29,30)31)25(40)35(26)13-9-7-5-6-8-12-33-14-16-34(17-15-33)24(38)27(3,4)39/h10-11,18,39H,5-9,12-17H2,1-4H3. The van der Waals surface area contributed by atoms with Crippen LogP contribution in [0.5, 0.6) is 0 Å². The predicted octanol–water partition coefficient (Wildman–Crippen LogP) is 4.15. The lowest BCUT2D eigenvalue weighted by molar-refractivity contribution is -0.149. The van der Waals surface area contributed by atoms with Crippen molar-refractivity contribution in [3.05, 3.63) is 29.3 Å². The molecule has 3 rings (SSSR count). The number of benzene rings is 1. The highest BCUT2D eigenvalue weighted by Crippen LogP contribution is 2.38. The Morgan fingerprint density at radius 1 is 1.05 bits per heavy atom. The van der Waals surface area contributed by atoms with Crippen LogP contribution >= 0.6 is 12.2 Å². The fourth-order valence-electron chi connectivity index (χ4n) is 5.14. The number of nitriles is 1. The minimum atomic E-state index is -4.73. The van der Waals surface area contributed by atoms with Crippen molar-refractivity contribution in [3.8, 4) is 6.07 Å².